The van der Waals surface area contributed by atoms with Crippen molar-refractivity contribution < 1.29 is 0 Å². The Labute approximate surface area is 98.0 Å². The molecule has 0 aliphatic heterocycles. The second-order valence-corrected chi connectivity index (χ2v) is 4.07. The van der Waals surface area contributed by atoms with E-state index in [2.05, 4.69) is 50.7 Å². The van der Waals surface area contributed by atoms with Gasteiger partial charge in [-0.05, 0) is 31.9 Å². The van der Waals surface area contributed by atoms with Crippen LogP contribution in [0.3, 0.4) is 0 Å². The molecule has 0 bridgehead atoms. The smallest absolute Gasteiger partial charge is 0.0681 e. The SMILES string of the molecule is C=C/C(=C\C=C(C)C)c1cc(CC)nn1C. The summed E-state index contributed by atoms with van der Waals surface area (Å²) in [5, 5.41) is 4.43. The van der Waals surface area contributed by atoms with Crippen molar-refractivity contribution in [2.75, 3.05) is 0 Å². The molecule has 1 aromatic rings. The summed E-state index contributed by atoms with van der Waals surface area (Å²) in [7, 11) is 1.97. The van der Waals surface area contributed by atoms with Crippen molar-refractivity contribution in [3.8, 4) is 0 Å². The largest absolute Gasteiger partial charge is 0.268 e. The van der Waals surface area contributed by atoms with E-state index < -0.39 is 0 Å². The molecule has 2 nitrogen and oxygen atoms in total. The van der Waals surface area contributed by atoms with Crippen molar-refractivity contribution in [3.05, 3.63) is 47.8 Å². The van der Waals surface area contributed by atoms with Crippen LogP contribution in [0.4, 0.5) is 0 Å². The fourth-order valence-electron chi connectivity index (χ4n) is 1.48. The summed E-state index contributed by atoms with van der Waals surface area (Å²) in [4.78, 5) is 0. The molecule has 0 fully saturated rings. The second kappa shape index (κ2) is 5.50. The molecule has 0 aliphatic rings. The molecule has 0 saturated carbocycles. The van der Waals surface area contributed by atoms with Crippen LogP contribution in [0.5, 0.6) is 0 Å². The standard InChI is InChI=1S/C14H20N2/c1-6-12(9-8-11(3)4)14-10-13(7-2)15-16(14)5/h6,8-10H,1,7H2,2-5H3/b12-9+. The third-order valence-corrected chi connectivity index (χ3v) is 2.40. The van der Waals surface area contributed by atoms with Gasteiger partial charge in [-0.3, -0.25) is 4.68 Å². The lowest BCUT2D eigenvalue weighted by atomic mass is 10.1. The van der Waals surface area contributed by atoms with Gasteiger partial charge in [0.15, 0.2) is 0 Å². The van der Waals surface area contributed by atoms with Crippen LogP contribution in [0, 0.1) is 0 Å². The number of aryl methyl sites for hydroxylation is 2. The van der Waals surface area contributed by atoms with Gasteiger partial charge in [0.25, 0.3) is 0 Å². The summed E-state index contributed by atoms with van der Waals surface area (Å²) in [6.45, 7) is 10.1. The normalized spacial score (nSPS) is 11.4. The van der Waals surface area contributed by atoms with E-state index >= 15 is 0 Å². The van der Waals surface area contributed by atoms with Crippen LogP contribution in [0.15, 0.2) is 36.4 Å². The molecule has 0 amide bonds. The predicted molar refractivity (Wildman–Crippen MR) is 70.2 cm³/mol. The van der Waals surface area contributed by atoms with Crippen LogP contribution in [0.1, 0.15) is 32.2 Å². The number of hydrogen-bond acceptors (Lipinski definition) is 1. The Kier molecular flexibility index (Phi) is 4.29. The van der Waals surface area contributed by atoms with Gasteiger partial charge in [-0.1, -0.05) is 37.3 Å². The predicted octanol–water partition coefficient (Wildman–Crippen LogP) is 3.52. The molecule has 1 heterocycles. The van der Waals surface area contributed by atoms with Crippen LogP contribution >= 0.6 is 0 Å². The maximum absolute atomic E-state index is 4.43. The number of aromatic nitrogens is 2. The van der Waals surface area contributed by atoms with Gasteiger partial charge in [-0.15, -0.1) is 0 Å². The highest BCUT2D eigenvalue weighted by atomic mass is 15.3. The van der Waals surface area contributed by atoms with E-state index in [4.69, 9.17) is 0 Å². The Hall–Kier alpha value is -1.57. The summed E-state index contributed by atoms with van der Waals surface area (Å²) >= 11 is 0. The van der Waals surface area contributed by atoms with Crippen LogP contribution in [-0.2, 0) is 13.5 Å². The van der Waals surface area contributed by atoms with Crippen molar-refractivity contribution in [1.82, 2.24) is 9.78 Å². The highest BCUT2D eigenvalue weighted by Crippen LogP contribution is 2.17. The number of rotatable bonds is 4. The van der Waals surface area contributed by atoms with Crippen LogP contribution < -0.4 is 0 Å². The molecule has 0 saturated heterocycles. The molecule has 1 aromatic heterocycles. The minimum Gasteiger partial charge on any atom is -0.268 e. The molecule has 0 N–H and O–H groups in total. The zero-order chi connectivity index (χ0) is 12.1. The molecule has 0 unspecified atom stereocenters. The average molecular weight is 216 g/mol. The lowest BCUT2D eigenvalue weighted by molar-refractivity contribution is 0.737. The van der Waals surface area contributed by atoms with E-state index in [9.17, 15) is 0 Å². The Morgan fingerprint density at radius 2 is 2.12 bits per heavy atom. The highest BCUT2D eigenvalue weighted by molar-refractivity contribution is 5.73. The molecular weight excluding hydrogens is 196 g/mol. The van der Waals surface area contributed by atoms with Crippen molar-refractivity contribution in [2.45, 2.75) is 27.2 Å². The molecule has 2 heteroatoms. The summed E-state index contributed by atoms with van der Waals surface area (Å²) in [6, 6.07) is 2.12. The Bertz CT molecular complexity index is 430. The Balaban J connectivity index is 3.13. The third kappa shape index (κ3) is 2.96. The van der Waals surface area contributed by atoms with Crippen molar-refractivity contribution in [1.29, 1.82) is 0 Å². The third-order valence-electron chi connectivity index (χ3n) is 2.40. The van der Waals surface area contributed by atoms with Gasteiger partial charge in [0.2, 0.25) is 0 Å². The summed E-state index contributed by atoms with van der Waals surface area (Å²) in [5.74, 6) is 0. The summed E-state index contributed by atoms with van der Waals surface area (Å²) < 4.78 is 1.91. The quantitative estimate of drug-likeness (QED) is 0.704. The maximum atomic E-state index is 4.43. The molecule has 0 atom stereocenters. The second-order valence-electron chi connectivity index (χ2n) is 4.07. The first-order chi connectivity index (χ1) is 7.58. The van der Waals surface area contributed by atoms with E-state index in [0.29, 0.717) is 0 Å². The van der Waals surface area contributed by atoms with Crippen LogP contribution in [0.2, 0.25) is 0 Å². The first kappa shape index (κ1) is 12.5. The van der Waals surface area contributed by atoms with Gasteiger partial charge in [-0.25, -0.2) is 0 Å². The van der Waals surface area contributed by atoms with Gasteiger partial charge in [0, 0.05) is 7.05 Å². The van der Waals surface area contributed by atoms with Gasteiger partial charge in [-0.2, -0.15) is 5.10 Å². The topological polar surface area (TPSA) is 17.8 Å². The van der Waals surface area contributed by atoms with Gasteiger partial charge in [0.05, 0.1) is 11.4 Å². The minimum atomic E-state index is 0.959. The highest BCUT2D eigenvalue weighted by Gasteiger charge is 2.05. The maximum Gasteiger partial charge on any atom is 0.0681 e. The number of hydrogen-bond donors (Lipinski definition) is 0. The average Bonchev–Trinajstić information content (AvgIpc) is 2.61. The Morgan fingerprint density at radius 1 is 1.44 bits per heavy atom. The van der Waals surface area contributed by atoms with Gasteiger partial charge in [0.1, 0.15) is 0 Å². The fourth-order valence-corrected chi connectivity index (χ4v) is 1.48. The molecule has 1 rings (SSSR count). The minimum absolute atomic E-state index is 0.959. The van der Waals surface area contributed by atoms with E-state index in [1.807, 2.05) is 17.8 Å². The van der Waals surface area contributed by atoms with Crippen molar-refractivity contribution >= 4 is 5.57 Å². The monoisotopic (exact) mass is 216 g/mol. The van der Waals surface area contributed by atoms with E-state index in [-0.39, 0.29) is 0 Å². The molecule has 0 radical (unpaired) electrons. The summed E-state index contributed by atoms with van der Waals surface area (Å²) in [6.07, 6.45) is 7.01. The number of nitrogens with zero attached hydrogens (tertiary/aromatic N) is 2. The number of allylic oxidation sites excluding steroid dienone is 5. The van der Waals surface area contributed by atoms with Crippen LogP contribution in [0.25, 0.3) is 5.57 Å². The molecule has 86 valence electrons. The zero-order valence-corrected chi connectivity index (χ0v) is 10.6. The first-order valence-electron chi connectivity index (χ1n) is 5.59. The lowest BCUT2D eigenvalue weighted by Crippen LogP contribution is -1.96. The zero-order valence-electron chi connectivity index (χ0n) is 10.6. The fraction of sp³-hybridized carbons (Fsp3) is 0.357. The lowest BCUT2D eigenvalue weighted by Gasteiger charge is -2.01. The van der Waals surface area contributed by atoms with Crippen molar-refractivity contribution in [3.63, 3.8) is 0 Å². The van der Waals surface area contributed by atoms with Gasteiger partial charge >= 0.3 is 0 Å². The molecule has 16 heavy (non-hydrogen) atoms. The van der Waals surface area contributed by atoms with Crippen LogP contribution in [-0.4, -0.2) is 9.78 Å². The van der Waals surface area contributed by atoms with E-state index in [1.165, 1.54) is 5.57 Å². The van der Waals surface area contributed by atoms with Gasteiger partial charge < -0.3 is 0 Å². The first-order valence-corrected chi connectivity index (χ1v) is 5.59. The molecular formula is C14H20N2. The molecule has 0 aromatic carbocycles. The Morgan fingerprint density at radius 3 is 2.56 bits per heavy atom. The van der Waals surface area contributed by atoms with E-state index in [0.717, 1.165) is 23.4 Å². The molecule has 0 aliphatic carbocycles. The van der Waals surface area contributed by atoms with Crippen molar-refractivity contribution in [2.24, 2.45) is 7.05 Å². The molecule has 0 spiro atoms. The summed E-state index contributed by atoms with van der Waals surface area (Å²) in [5.41, 5.74) is 4.61. The van der Waals surface area contributed by atoms with E-state index in [1.54, 1.807) is 0 Å².